The molecule has 0 bridgehead atoms. The number of rotatable bonds is 1. The van der Waals surface area contributed by atoms with E-state index in [2.05, 4.69) is 9.72 Å². The molecule has 0 aliphatic carbocycles. The van der Waals surface area contributed by atoms with Crippen molar-refractivity contribution in [2.24, 2.45) is 0 Å². The molecular formula is C10H7FINO2. The number of fused-ring (bicyclic) bond motifs is 1. The number of aromatic nitrogens is 1. The van der Waals surface area contributed by atoms with Crippen molar-refractivity contribution in [1.82, 2.24) is 4.98 Å². The normalized spacial score (nSPS) is 10.6. The Balaban J connectivity index is 2.61. The Labute approximate surface area is 98.8 Å². The molecule has 0 spiro atoms. The molecule has 0 aliphatic rings. The minimum Gasteiger partial charge on any atom is -0.464 e. The van der Waals surface area contributed by atoms with Crippen molar-refractivity contribution in [3.05, 3.63) is 33.3 Å². The van der Waals surface area contributed by atoms with Crippen LogP contribution in [0.15, 0.2) is 18.2 Å². The van der Waals surface area contributed by atoms with Crippen LogP contribution in [0.25, 0.3) is 10.9 Å². The predicted molar refractivity (Wildman–Crippen MR) is 62.3 cm³/mol. The molecule has 2 rings (SSSR count). The highest BCUT2D eigenvalue weighted by atomic mass is 127. The van der Waals surface area contributed by atoms with Gasteiger partial charge in [-0.3, -0.25) is 0 Å². The lowest BCUT2D eigenvalue weighted by Gasteiger charge is -1.93. The van der Waals surface area contributed by atoms with Gasteiger partial charge in [0.15, 0.2) is 0 Å². The molecule has 1 N–H and O–H groups in total. The zero-order valence-corrected chi connectivity index (χ0v) is 9.96. The SMILES string of the molecule is COC(=O)c1cc2cc(I)c(F)cc2[nH]1. The van der Waals surface area contributed by atoms with E-state index in [0.717, 1.165) is 5.39 Å². The first-order valence-corrected chi connectivity index (χ1v) is 5.26. The fraction of sp³-hybridized carbons (Fsp3) is 0.100. The number of benzene rings is 1. The maximum absolute atomic E-state index is 13.2. The van der Waals surface area contributed by atoms with Crippen LogP contribution in [0.4, 0.5) is 4.39 Å². The van der Waals surface area contributed by atoms with Crippen molar-refractivity contribution >= 4 is 39.5 Å². The number of carbonyl (C=O) groups excluding carboxylic acids is 1. The molecule has 1 heterocycles. The quantitative estimate of drug-likeness (QED) is 0.649. The van der Waals surface area contributed by atoms with Crippen molar-refractivity contribution in [3.63, 3.8) is 0 Å². The Morgan fingerprint density at radius 1 is 1.47 bits per heavy atom. The number of esters is 1. The van der Waals surface area contributed by atoms with Crippen LogP contribution in [0.2, 0.25) is 0 Å². The molecule has 3 nitrogen and oxygen atoms in total. The van der Waals surface area contributed by atoms with E-state index in [1.165, 1.54) is 13.2 Å². The zero-order valence-electron chi connectivity index (χ0n) is 7.80. The highest BCUT2D eigenvalue weighted by Gasteiger charge is 2.11. The second-order valence-corrected chi connectivity index (χ2v) is 4.19. The van der Waals surface area contributed by atoms with Crippen LogP contribution in [-0.4, -0.2) is 18.1 Å². The summed E-state index contributed by atoms with van der Waals surface area (Å²) < 4.78 is 18.3. The van der Waals surface area contributed by atoms with Crippen LogP contribution in [0.5, 0.6) is 0 Å². The molecule has 15 heavy (non-hydrogen) atoms. The van der Waals surface area contributed by atoms with Gasteiger partial charge in [0.25, 0.3) is 0 Å². The summed E-state index contributed by atoms with van der Waals surface area (Å²) in [5.41, 5.74) is 0.919. The van der Waals surface area contributed by atoms with Gasteiger partial charge >= 0.3 is 5.97 Å². The monoisotopic (exact) mass is 319 g/mol. The molecule has 2 aromatic rings. The molecule has 0 unspecified atom stereocenters. The Kier molecular flexibility index (Phi) is 2.64. The first-order valence-electron chi connectivity index (χ1n) is 4.18. The van der Waals surface area contributed by atoms with Gasteiger partial charge in [0.2, 0.25) is 0 Å². The van der Waals surface area contributed by atoms with Crippen LogP contribution < -0.4 is 0 Å². The molecule has 1 aromatic heterocycles. The molecule has 78 valence electrons. The van der Waals surface area contributed by atoms with E-state index < -0.39 is 5.97 Å². The van der Waals surface area contributed by atoms with Gasteiger partial charge in [-0.25, -0.2) is 9.18 Å². The van der Waals surface area contributed by atoms with E-state index in [1.807, 2.05) is 22.6 Å². The molecule has 5 heteroatoms. The third kappa shape index (κ3) is 1.83. The van der Waals surface area contributed by atoms with Crippen molar-refractivity contribution in [2.75, 3.05) is 7.11 Å². The van der Waals surface area contributed by atoms with Gasteiger partial charge in [0.1, 0.15) is 11.5 Å². The Hall–Kier alpha value is -1.11. The van der Waals surface area contributed by atoms with Gasteiger partial charge in [-0.1, -0.05) is 0 Å². The number of H-pyrrole nitrogens is 1. The lowest BCUT2D eigenvalue weighted by molar-refractivity contribution is 0.0595. The third-order valence-corrected chi connectivity index (χ3v) is 2.89. The number of nitrogens with one attached hydrogen (secondary N) is 1. The second-order valence-electron chi connectivity index (χ2n) is 3.03. The number of methoxy groups -OCH3 is 1. The lowest BCUT2D eigenvalue weighted by Crippen LogP contribution is -2.00. The highest BCUT2D eigenvalue weighted by molar-refractivity contribution is 14.1. The summed E-state index contributed by atoms with van der Waals surface area (Å²) in [6, 6.07) is 4.68. The number of hydrogen-bond donors (Lipinski definition) is 1. The molecule has 0 atom stereocenters. The summed E-state index contributed by atoms with van der Waals surface area (Å²) >= 11 is 1.90. The summed E-state index contributed by atoms with van der Waals surface area (Å²) in [5.74, 6) is -0.761. The fourth-order valence-electron chi connectivity index (χ4n) is 1.35. The molecule has 0 radical (unpaired) electrons. The number of aromatic amines is 1. The van der Waals surface area contributed by atoms with Crippen molar-refractivity contribution in [3.8, 4) is 0 Å². The number of carbonyl (C=O) groups is 1. The van der Waals surface area contributed by atoms with E-state index in [0.29, 0.717) is 14.8 Å². The molecular weight excluding hydrogens is 312 g/mol. The first kappa shape index (κ1) is 10.4. The van der Waals surface area contributed by atoms with Crippen LogP contribution in [-0.2, 0) is 4.74 Å². The predicted octanol–water partition coefficient (Wildman–Crippen LogP) is 2.70. The van der Waals surface area contributed by atoms with Gasteiger partial charge in [0.05, 0.1) is 7.11 Å². The van der Waals surface area contributed by atoms with Gasteiger partial charge in [-0.2, -0.15) is 0 Å². The largest absolute Gasteiger partial charge is 0.464 e. The molecule has 1 aromatic carbocycles. The van der Waals surface area contributed by atoms with Gasteiger partial charge < -0.3 is 9.72 Å². The minimum absolute atomic E-state index is 0.304. The molecule has 0 saturated heterocycles. The highest BCUT2D eigenvalue weighted by Crippen LogP contribution is 2.21. The summed E-state index contributed by atoms with van der Waals surface area (Å²) in [6.07, 6.45) is 0. The maximum Gasteiger partial charge on any atom is 0.354 e. The van der Waals surface area contributed by atoms with Crippen LogP contribution in [0, 0.1) is 9.39 Å². The molecule has 0 fully saturated rings. The molecule has 0 saturated carbocycles. The van der Waals surface area contributed by atoms with Crippen LogP contribution in [0.3, 0.4) is 0 Å². The molecule has 0 amide bonds. The Morgan fingerprint density at radius 2 is 2.20 bits per heavy atom. The van der Waals surface area contributed by atoms with Crippen LogP contribution in [0.1, 0.15) is 10.5 Å². The van der Waals surface area contributed by atoms with E-state index in [1.54, 1.807) is 12.1 Å². The Morgan fingerprint density at radius 3 is 2.87 bits per heavy atom. The van der Waals surface area contributed by atoms with Gasteiger partial charge in [0, 0.05) is 14.5 Å². The third-order valence-electron chi connectivity index (χ3n) is 2.07. The van der Waals surface area contributed by atoms with E-state index in [4.69, 9.17) is 0 Å². The molecule has 0 aliphatic heterocycles. The number of hydrogen-bond acceptors (Lipinski definition) is 2. The fourth-order valence-corrected chi connectivity index (χ4v) is 1.84. The Bertz CT molecular complexity index is 496. The van der Waals surface area contributed by atoms with Gasteiger partial charge in [-0.15, -0.1) is 0 Å². The smallest absolute Gasteiger partial charge is 0.354 e. The van der Waals surface area contributed by atoms with Crippen molar-refractivity contribution in [1.29, 1.82) is 0 Å². The van der Waals surface area contributed by atoms with Crippen LogP contribution >= 0.6 is 22.6 Å². The average molecular weight is 319 g/mol. The van der Waals surface area contributed by atoms with Crippen molar-refractivity contribution in [2.45, 2.75) is 0 Å². The van der Waals surface area contributed by atoms with Crippen molar-refractivity contribution < 1.29 is 13.9 Å². The maximum atomic E-state index is 13.2. The standard InChI is InChI=1S/C10H7FINO2/c1-15-10(14)9-3-5-2-7(12)6(11)4-8(5)13-9/h2-4,13H,1H3. The number of ether oxygens (including phenoxy) is 1. The second kappa shape index (κ2) is 3.80. The summed E-state index contributed by atoms with van der Waals surface area (Å²) in [5, 5.41) is 0.793. The van der Waals surface area contributed by atoms with E-state index in [9.17, 15) is 9.18 Å². The zero-order chi connectivity index (χ0) is 11.0. The lowest BCUT2D eigenvalue weighted by atomic mass is 10.2. The first-order chi connectivity index (χ1) is 7.11. The minimum atomic E-state index is -0.457. The topological polar surface area (TPSA) is 42.1 Å². The summed E-state index contributed by atoms with van der Waals surface area (Å²) in [6.45, 7) is 0. The number of halogens is 2. The van der Waals surface area contributed by atoms with E-state index >= 15 is 0 Å². The summed E-state index contributed by atoms with van der Waals surface area (Å²) in [7, 11) is 1.30. The van der Waals surface area contributed by atoms with Gasteiger partial charge in [-0.05, 0) is 40.8 Å². The average Bonchev–Trinajstić information content (AvgIpc) is 2.60. The van der Waals surface area contributed by atoms with E-state index in [-0.39, 0.29) is 5.82 Å². The summed E-state index contributed by atoms with van der Waals surface area (Å²) in [4.78, 5) is 14.0.